The molecule has 1 saturated carbocycles. The summed E-state index contributed by atoms with van der Waals surface area (Å²) in [6.07, 6.45) is 8.91. The van der Waals surface area contributed by atoms with Crippen molar-refractivity contribution in [1.82, 2.24) is 0 Å². The van der Waals surface area contributed by atoms with Crippen LogP contribution in [0.2, 0.25) is 0 Å². The summed E-state index contributed by atoms with van der Waals surface area (Å²) in [7, 11) is 0. The van der Waals surface area contributed by atoms with E-state index < -0.39 is 0 Å². The molecule has 1 N–H and O–H groups in total. The summed E-state index contributed by atoms with van der Waals surface area (Å²) in [6, 6.07) is 7.69. The second-order valence-electron chi connectivity index (χ2n) is 7.95. The van der Waals surface area contributed by atoms with Gasteiger partial charge in [0.05, 0.1) is 5.69 Å². The number of rotatable bonds is 8. The quantitative estimate of drug-likeness (QED) is 0.532. The fourth-order valence-electron chi connectivity index (χ4n) is 3.68. The van der Waals surface area contributed by atoms with Crippen molar-refractivity contribution in [3.05, 3.63) is 24.3 Å². The molecule has 4 heteroatoms. The Morgan fingerprint density at radius 1 is 1.15 bits per heavy atom. The van der Waals surface area contributed by atoms with Crippen LogP contribution < -0.4 is 5.32 Å². The number of thioether (sulfide) groups is 1. The van der Waals surface area contributed by atoms with Gasteiger partial charge in [0, 0.05) is 16.7 Å². The highest BCUT2D eigenvalue weighted by atomic mass is 32.2. The molecule has 0 radical (unpaired) electrons. The van der Waals surface area contributed by atoms with Crippen LogP contribution in [0.25, 0.3) is 0 Å². The zero-order valence-electron chi connectivity index (χ0n) is 16.5. The molecule has 0 aromatic heterocycles. The van der Waals surface area contributed by atoms with Gasteiger partial charge in [-0.1, -0.05) is 52.2 Å². The molecule has 3 nitrogen and oxygen atoms in total. The Bertz CT molecular complexity index is 606. The van der Waals surface area contributed by atoms with Crippen molar-refractivity contribution in [2.75, 3.05) is 5.32 Å². The molecule has 0 spiro atoms. The van der Waals surface area contributed by atoms with Crippen LogP contribution in [-0.2, 0) is 9.59 Å². The molecule has 0 atom stereocenters. The minimum Gasteiger partial charge on any atom is -0.325 e. The van der Waals surface area contributed by atoms with Gasteiger partial charge in [-0.2, -0.15) is 0 Å². The van der Waals surface area contributed by atoms with Gasteiger partial charge in [0.1, 0.15) is 0 Å². The smallest absolute Gasteiger partial charge is 0.230 e. The highest BCUT2D eigenvalue weighted by molar-refractivity contribution is 8.13. The van der Waals surface area contributed by atoms with Crippen LogP contribution in [0.3, 0.4) is 0 Å². The lowest BCUT2D eigenvalue weighted by molar-refractivity contribution is -0.128. The van der Waals surface area contributed by atoms with Gasteiger partial charge in [-0.05, 0) is 61.9 Å². The maximum Gasteiger partial charge on any atom is 0.230 e. The first-order chi connectivity index (χ1) is 12.5. The summed E-state index contributed by atoms with van der Waals surface area (Å²) >= 11 is 1.25. The van der Waals surface area contributed by atoms with Crippen molar-refractivity contribution in [2.45, 2.75) is 83.5 Å². The predicted molar refractivity (Wildman–Crippen MR) is 110 cm³/mol. The number of nitrogens with one attached hydrogen (secondary N) is 1. The third-order valence-electron chi connectivity index (χ3n) is 5.31. The molecule has 144 valence electrons. The molecule has 1 amide bonds. The lowest BCUT2D eigenvalue weighted by Crippen LogP contribution is -2.38. The SMILES string of the molecule is CCCC(=O)Sc1ccccc1NC(=O)C1(CCC(C)C)CCCCC1. The van der Waals surface area contributed by atoms with Gasteiger partial charge in [-0.3, -0.25) is 9.59 Å². The van der Waals surface area contributed by atoms with E-state index in [9.17, 15) is 9.59 Å². The van der Waals surface area contributed by atoms with Crippen molar-refractivity contribution in [2.24, 2.45) is 11.3 Å². The first kappa shape index (κ1) is 21.0. The number of amides is 1. The Kier molecular flexibility index (Phi) is 8.20. The lowest BCUT2D eigenvalue weighted by atomic mass is 9.69. The standard InChI is InChI=1S/C22H33NO2S/c1-4-10-20(24)26-19-12-7-6-11-18(19)23-21(25)22(16-13-17(2)3)14-8-5-9-15-22/h6-7,11-12,17H,4-5,8-10,13-16H2,1-3H3,(H,23,25). The van der Waals surface area contributed by atoms with E-state index in [1.54, 1.807) is 0 Å². The maximum absolute atomic E-state index is 13.3. The molecule has 0 saturated heterocycles. The van der Waals surface area contributed by atoms with Crippen molar-refractivity contribution in [3.8, 4) is 0 Å². The Balaban J connectivity index is 2.14. The van der Waals surface area contributed by atoms with Gasteiger partial charge >= 0.3 is 0 Å². The van der Waals surface area contributed by atoms with Crippen LogP contribution in [0.15, 0.2) is 29.2 Å². The lowest BCUT2D eigenvalue weighted by Gasteiger charge is -2.36. The van der Waals surface area contributed by atoms with Crippen molar-refractivity contribution in [3.63, 3.8) is 0 Å². The number of hydrogen-bond acceptors (Lipinski definition) is 3. The Labute approximate surface area is 162 Å². The molecule has 0 bridgehead atoms. The number of para-hydroxylation sites is 1. The van der Waals surface area contributed by atoms with E-state index in [4.69, 9.17) is 0 Å². The van der Waals surface area contributed by atoms with Crippen molar-refractivity contribution in [1.29, 1.82) is 0 Å². The second-order valence-corrected chi connectivity index (χ2v) is 9.05. The topological polar surface area (TPSA) is 46.2 Å². The second kappa shape index (κ2) is 10.1. The number of benzene rings is 1. The van der Waals surface area contributed by atoms with Crippen molar-refractivity contribution >= 4 is 28.5 Å². The summed E-state index contributed by atoms with van der Waals surface area (Å²) in [5, 5.41) is 3.33. The first-order valence-electron chi connectivity index (χ1n) is 10.1. The normalized spacial score (nSPS) is 16.5. The number of carbonyl (C=O) groups is 2. The maximum atomic E-state index is 13.3. The summed E-state index contributed by atoms with van der Waals surface area (Å²) in [5.41, 5.74) is 0.537. The number of anilines is 1. The van der Waals surface area contributed by atoms with Crippen LogP contribution >= 0.6 is 11.8 Å². The molecular weight excluding hydrogens is 342 g/mol. The number of carbonyl (C=O) groups excluding carboxylic acids is 2. The fraction of sp³-hybridized carbons (Fsp3) is 0.636. The predicted octanol–water partition coefficient (Wildman–Crippen LogP) is 6.43. The molecule has 1 aliphatic carbocycles. The van der Waals surface area contributed by atoms with Crippen LogP contribution in [0.5, 0.6) is 0 Å². The first-order valence-corrected chi connectivity index (χ1v) is 10.9. The van der Waals surface area contributed by atoms with Gasteiger partial charge in [0.15, 0.2) is 5.12 Å². The van der Waals surface area contributed by atoms with E-state index in [1.165, 1.54) is 18.2 Å². The van der Waals surface area contributed by atoms with E-state index in [0.717, 1.165) is 55.5 Å². The largest absolute Gasteiger partial charge is 0.325 e. The van der Waals surface area contributed by atoms with Crippen LogP contribution in [-0.4, -0.2) is 11.0 Å². The Morgan fingerprint density at radius 2 is 1.85 bits per heavy atom. The van der Waals surface area contributed by atoms with Crippen LogP contribution in [0, 0.1) is 11.3 Å². The van der Waals surface area contributed by atoms with Gasteiger partial charge < -0.3 is 5.32 Å². The molecule has 1 aromatic carbocycles. The van der Waals surface area contributed by atoms with Crippen LogP contribution in [0.4, 0.5) is 5.69 Å². The van der Waals surface area contributed by atoms with Gasteiger partial charge in [-0.25, -0.2) is 0 Å². The minimum atomic E-state index is -0.242. The highest BCUT2D eigenvalue weighted by Crippen LogP contribution is 2.42. The Morgan fingerprint density at radius 3 is 2.50 bits per heavy atom. The van der Waals surface area contributed by atoms with E-state index in [1.807, 2.05) is 31.2 Å². The molecular formula is C22H33NO2S. The van der Waals surface area contributed by atoms with Crippen LogP contribution in [0.1, 0.15) is 78.6 Å². The highest BCUT2D eigenvalue weighted by Gasteiger charge is 2.39. The monoisotopic (exact) mass is 375 g/mol. The van der Waals surface area contributed by atoms with E-state index in [2.05, 4.69) is 19.2 Å². The minimum absolute atomic E-state index is 0.147. The zero-order valence-corrected chi connectivity index (χ0v) is 17.3. The molecule has 2 rings (SSSR count). The Hall–Kier alpha value is -1.29. The fourth-order valence-corrected chi connectivity index (χ4v) is 4.60. The molecule has 1 aromatic rings. The summed E-state index contributed by atoms with van der Waals surface area (Å²) in [5.74, 6) is 0.755. The van der Waals surface area contributed by atoms with Crippen molar-refractivity contribution < 1.29 is 9.59 Å². The molecule has 0 unspecified atom stereocenters. The molecule has 0 heterocycles. The summed E-state index contributed by atoms with van der Waals surface area (Å²) < 4.78 is 0. The average Bonchev–Trinajstić information content (AvgIpc) is 2.62. The molecule has 1 aliphatic rings. The molecule has 26 heavy (non-hydrogen) atoms. The van der Waals surface area contributed by atoms with Gasteiger partial charge in [-0.15, -0.1) is 0 Å². The van der Waals surface area contributed by atoms with Gasteiger partial charge in [0.2, 0.25) is 5.91 Å². The average molecular weight is 376 g/mol. The van der Waals surface area contributed by atoms with E-state index in [0.29, 0.717) is 12.3 Å². The molecule has 1 fully saturated rings. The third-order valence-corrected chi connectivity index (χ3v) is 6.31. The number of hydrogen-bond donors (Lipinski definition) is 1. The van der Waals surface area contributed by atoms with Gasteiger partial charge in [0.25, 0.3) is 0 Å². The summed E-state index contributed by atoms with van der Waals surface area (Å²) in [6.45, 7) is 6.45. The van der Waals surface area contributed by atoms with E-state index >= 15 is 0 Å². The third kappa shape index (κ3) is 5.87. The summed E-state index contributed by atoms with van der Waals surface area (Å²) in [4.78, 5) is 26.2. The molecule has 0 aliphatic heterocycles. The van der Waals surface area contributed by atoms with E-state index in [-0.39, 0.29) is 16.4 Å². The zero-order chi connectivity index (χ0) is 19.0.